The lowest BCUT2D eigenvalue weighted by molar-refractivity contribution is -0.155. The van der Waals surface area contributed by atoms with Crippen LogP contribution in [0.4, 0.5) is 13.2 Å². The Labute approximate surface area is 84.9 Å². The largest absolute Gasteiger partial charge is 0.408 e. The van der Waals surface area contributed by atoms with Crippen LogP contribution in [-0.4, -0.2) is 13.2 Å². The van der Waals surface area contributed by atoms with Gasteiger partial charge in [-0.1, -0.05) is 0 Å². The third-order valence-electron chi connectivity index (χ3n) is 1.96. The molecule has 1 nitrogen and oxygen atoms in total. The monoisotopic (exact) mass is 223 g/mol. The van der Waals surface area contributed by atoms with Crippen molar-refractivity contribution in [1.82, 2.24) is 5.32 Å². The van der Waals surface area contributed by atoms with Gasteiger partial charge in [-0.2, -0.15) is 13.2 Å². The van der Waals surface area contributed by atoms with Gasteiger partial charge in [-0.05, 0) is 32.5 Å². The zero-order valence-corrected chi connectivity index (χ0v) is 9.01. The maximum Gasteiger partial charge on any atom is 0.408 e. The smallest absolute Gasteiger partial charge is 0.305 e. The molecule has 0 aliphatic rings. The molecule has 0 spiro atoms. The van der Waals surface area contributed by atoms with Gasteiger partial charge in [-0.15, -0.1) is 11.3 Å². The summed E-state index contributed by atoms with van der Waals surface area (Å²) in [5.74, 6) is 0. The molecule has 1 N–H and O–H groups in total. The molecule has 0 amide bonds. The first kappa shape index (κ1) is 11.5. The summed E-state index contributed by atoms with van der Waals surface area (Å²) in [5, 5.41) is 2.30. The number of aryl methyl sites for hydroxylation is 2. The summed E-state index contributed by atoms with van der Waals surface area (Å²) >= 11 is 1.19. The van der Waals surface area contributed by atoms with E-state index in [9.17, 15) is 13.2 Å². The number of rotatable bonds is 2. The van der Waals surface area contributed by atoms with Crippen molar-refractivity contribution in [3.05, 3.63) is 21.4 Å². The van der Waals surface area contributed by atoms with Gasteiger partial charge in [0.1, 0.15) is 6.04 Å². The van der Waals surface area contributed by atoms with E-state index in [-0.39, 0.29) is 0 Å². The van der Waals surface area contributed by atoms with Gasteiger partial charge in [0.25, 0.3) is 0 Å². The second kappa shape index (κ2) is 3.90. The molecule has 0 radical (unpaired) electrons. The number of hydrogen-bond acceptors (Lipinski definition) is 2. The van der Waals surface area contributed by atoms with E-state index in [0.29, 0.717) is 10.4 Å². The van der Waals surface area contributed by atoms with Crippen molar-refractivity contribution >= 4 is 11.3 Å². The molecule has 0 fully saturated rings. The van der Waals surface area contributed by atoms with Gasteiger partial charge in [0, 0.05) is 9.75 Å². The summed E-state index contributed by atoms with van der Waals surface area (Å²) in [6.45, 7) is 3.51. The minimum atomic E-state index is -4.23. The molecule has 1 aromatic heterocycles. The number of nitrogens with one attached hydrogen (secondary N) is 1. The van der Waals surface area contributed by atoms with Crippen molar-refractivity contribution in [2.45, 2.75) is 26.1 Å². The second-order valence-electron chi connectivity index (χ2n) is 3.17. The van der Waals surface area contributed by atoms with Gasteiger partial charge in [0.05, 0.1) is 0 Å². The van der Waals surface area contributed by atoms with Crippen LogP contribution in [-0.2, 0) is 0 Å². The third-order valence-corrected chi connectivity index (χ3v) is 3.17. The number of alkyl halides is 3. The lowest BCUT2D eigenvalue weighted by atomic mass is 10.1. The van der Waals surface area contributed by atoms with Crippen molar-refractivity contribution in [2.75, 3.05) is 7.05 Å². The molecule has 0 aliphatic carbocycles. The molecule has 1 rings (SSSR count). The quantitative estimate of drug-likeness (QED) is 0.812. The van der Waals surface area contributed by atoms with Gasteiger partial charge in [0.15, 0.2) is 0 Å². The van der Waals surface area contributed by atoms with E-state index < -0.39 is 12.2 Å². The first-order valence-corrected chi connectivity index (χ1v) is 4.99. The Morgan fingerprint density at radius 1 is 1.36 bits per heavy atom. The van der Waals surface area contributed by atoms with Gasteiger partial charge in [-0.25, -0.2) is 0 Å². The van der Waals surface area contributed by atoms with Crippen LogP contribution in [0.15, 0.2) is 6.07 Å². The SMILES string of the molecule is CNC(c1sc(C)cc1C)C(F)(F)F. The molecule has 14 heavy (non-hydrogen) atoms. The fourth-order valence-electron chi connectivity index (χ4n) is 1.39. The maximum atomic E-state index is 12.5. The lowest BCUT2D eigenvalue weighted by Crippen LogP contribution is -2.31. The highest BCUT2D eigenvalue weighted by Gasteiger charge is 2.41. The summed E-state index contributed by atoms with van der Waals surface area (Å²) < 4.78 is 37.6. The number of hydrogen-bond donors (Lipinski definition) is 1. The van der Waals surface area contributed by atoms with Crippen LogP contribution in [0.1, 0.15) is 21.4 Å². The zero-order chi connectivity index (χ0) is 10.9. The van der Waals surface area contributed by atoms with E-state index in [1.807, 2.05) is 6.92 Å². The first-order valence-electron chi connectivity index (χ1n) is 4.17. The standard InChI is InChI=1S/C9H12F3NS/c1-5-4-6(2)14-7(5)8(13-3)9(10,11)12/h4,8,13H,1-3H3. The number of thiophene rings is 1. The first-order chi connectivity index (χ1) is 6.36. The van der Waals surface area contributed by atoms with Crippen LogP contribution >= 0.6 is 11.3 Å². The molecule has 1 unspecified atom stereocenters. The summed E-state index contributed by atoms with van der Waals surface area (Å²) in [5.41, 5.74) is 0.698. The second-order valence-corrected chi connectivity index (χ2v) is 4.46. The van der Waals surface area contributed by atoms with E-state index in [1.54, 1.807) is 13.0 Å². The van der Waals surface area contributed by atoms with Crippen LogP contribution in [0.2, 0.25) is 0 Å². The highest BCUT2D eigenvalue weighted by atomic mass is 32.1. The van der Waals surface area contributed by atoms with E-state index in [4.69, 9.17) is 0 Å². The van der Waals surface area contributed by atoms with Crippen LogP contribution in [0.3, 0.4) is 0 Å². The molecule has 1 aromatic rings. The molecule has 5 heteroatoms. The molecule has 0 saturated heterocycles. The Balaban J connectivity index is 3.07. The summed E-state index contributed by atoms with van der Waals surface area (Å²) in [6, 6.07) is 0.233. The zero-order valence-electron chi connectivity index (χ0n) is 8.20. The lowest BCUT2D eigenvalue weighted by Gasteiger charge is -2.19. The van der Waals surface area contributed by atoms with Gasteiger partial charge in [-0.3, -0.25) is 0 Å². The van der Waals surface area contributed by atoms with Crippen LogP contribution in [0.5, 0.6) is 0 Å². The average Bonchev–Trinajstić information content (AvgIpc) is 2.29. The molecule has 80 valence electrons. The topological polar surface area (TPSA) is 12.0 Å². The molecule has 1 atom stereocenters. The minimum absolute atomic E-state index is 0.359. The van der Waals surface area contributed by atoms with E-state index in [2.05, 4.69) is 5.32 Å². The van der Waals surface area contributed by atoms with Crippen LogP contribution in [0, 0.1) is 13.8 Å². The van der Waals surface area contributed by atoms with Crippen LogP contribution < -0.4 is 5.32 Å². The summed E-state index contributed by atoms with van der Waals surface area (Å²) in [4.78, 5) is 1.26. The summed E-state index contributed by atoms with van der Waals surface area (Å²) in [6.07, 6.45) is -4.23. The van der Waals surface area contributed by atoms with Crippen molar-refractivity contribution < 1.29 is 13.2 Å². The normalized spacial score (nSPS) is 14.4. The Morgan fingerprint density at radius 3 is 2.21 bits per heavy atom. The fraction of sp³-hybridized carbons (Fsp3) is 0.556. The maximum absolute atomic E-state index is 12.5. The van der Waals surface area contributed by atoms with Crippen LogP contribution in [0.25, 0.3) is 0 Å². The number of halogens is 3. The minimum Gasteiger partial charge on any atom is -0.305 e. The molecule has 0 aromatic carbocycles. The Hall–Kier alpha value is -0.550. The van der Waals surface area contributed by atoms with Crippen molar-refractivity contribution in [3.8, 4) is 0 Å². The predicted octanol–water partition coefficient (Wildman–Crippen LogP) is 3.19. The third kappa shape index (κ3) is 2.27. The fourth-order valence-corrected chi connectivity index (χ4v) is 2.56. The van der Waals surface area contributed by atoms with E-state index in [1.165, 1.54) is 18.4 Å². The summed E-state index contributed by atoms with van der Waals surface area (Å²) in [7, 11) is 1.33. The van der Waals surface area contributed by atoms with Gasteiger partial charge < -0.3 is 5.32 Å². The van der Waals surface area contributed by atoms with Gasteiger partial charge >= 0.3 is 6.18 Å². The Bertz CT molecular complexity index is 316. The highest BCUT2D eigenvalue weighted by molar-refractivity contribution is 7.12. The molecule has 0 aliphatic heterocycles. The molecular formula is C9H12F3NS. The van der Waals surface area contributed by atoms with Crippen molar-refractivity contribution in [1.29, 1.82) is 0 Å². The van der Waals surface area contributed by atoms with E-state index in [0.717, 1.165) is 4.88 Å². The molecule has 1 heterocycles. The molecule has 0 bridgehead atoms. The molecule has 0 saturated carbocycles. The van der Waals surface area contributed by atoms with Crippen molar-refractivity contribution in [3.63, 3.8) is 0 Å². The molecular weight excluding hydrogens is 211 g/mol. The predicted molar refractivity (Wildman–Crippen MR) is 51.6 cm³/mol. The Kier molecular flexibility index (Phi) is 3.21. The Morgan fingerprint density at radius 2 is 1.93 bits per heavy atom. The van der Waals surface area contributed by atoms with Gasteiger partial charge in [0.2, 0.25) is 0 Å². The average molecular weight is 223 g/mol. The van der Waals surface area contributed by atoms with E-state index >= 15 is 0 Å². The highest BCUT2D eigenvalue weighted by Crippen LogP contribution is 2.37. The van der Waals surface area contributed by atoms with Crippen molar-refractivity contribution in [2.24, 2.45) is 0 Å².